The summed E-state index contributed by atoms with van der Waals surface area (Å²) in [6.45, 7) is 1.88. The number of para-hydroxylation sites is 1. The number of rotatable bonds is 3. The van der Waals surface area contributed by atoms with Crippen LogP contribution < -0.4 is 10.6 Å². The number of nitrogens with zero attached hydrogens (tertiary/aromatic N) is 2. The Morgan fingerprint density at radius 1 is 1.16 bits per heavy atom. The second-order valence-corrected chi connectivity index (χ2v) is 5.97. The van der Waals surface area contributed by atoms with Gasteiger partial charge in [0.25, 0.3) is 5.91 Å². The van der Waals surface area contributed by atoms with Crippen molar-refractivity contribution in [3.63, 3.8) is 0 Å². The van der Waals surface area contributed by atoms with E-state index in [1.165, 1.54) is 0 Å². The number of fused-ring (bicyclic) bond motifs is 1. The van der Waals surface area contributed by atoms with Crippen molar-refractivity contribution < 1.29 is 9.59 Å². The Hall–Kier alpha value is -3.41. The molecule has 25 heavy (non-hydrogen) atoms. The molecule has 2 aromatic carbocycles. The summed E-state index contributed by atoms with van der Waals surface area (Å²) >= 11 is 0. The van der Waals surface area contributed by atoms with Crippen LogP contribution in [0.25, 0.3) is 5.69 Å². The van der Waals surface area contributed by atoms with Gasteiger partial charge in [0.15, 0.2) is 0 Å². The Morgan fingerprint density at radius 2 is 1.96 bits per heavy atom. The summed E-state index contributed by atoms with van der Waals surface area (Å²) in [5, 5.41) is 10.1. The van der Waals surface area contributed by atoms with Crippen molar-refractivity contribution >= 4 is 23.3 Å². The number of anilines is 2. The van der Waals surface area contributed by atoms with Crippen molar-refractivity contribution in [2.45, 2.75) is 13.3 Å². The maximum absolute atomic E-state index is 12.6. The highest BCUT2D eigenvalue weighted by Crippen LogP contribution is 2.24. The molecule has 2 heterocycles. The molecule has 2 N–H and O–H groups in total. The predicted molar refractivity (Wildman–Crippen MR) is 95.0 cm³/mol. The van der Waals surface area contributed by atoms with Crippen molar-refractivity contribution in [2.24, 2.45) is 0 Å². The van der Waals surface area contributed by atoms with Crippen LogP contribution in [0.5, 0.6) is 0 Å². The first-order valence-electron chi connectivity index (χ1n) is 7.96. The Labute approximate surface area is 144 Å². The molecule has 1 aliphatic rings. The zero-order chi connectivity index (χ0) is 17.4. The van der Waals surface area contributed by atoms with E-state index in [9.17, 15) is 9.59 Å². The lowest BCUT2D eigenvalue weighted by atomic mass is 10.1. The molecule has 0 radical (unpaired) electrons. The number of carbonyl (C=O) groups excluding carboxylic acids is 2. The largest absolute Gasteiger partial charge is 0.326 e. The van der Waals surface area contributed by atoms with Crippen LogP contribution in [0.3, 0.4) is 0 Å². The number of benzene rings is 2. The standard InChI is InChI=1S/C19H16N4O2/c1-12-9-17(23(22-12)15-5-3-2-4-6-15)21-19(25)13-7-8-16-14(10-13)11-18(24)20-16/h2-10H,11H2,1H3,(H,20,24)(H,21,25). The van der Waals surface area contributed by atoms with Gasteiger partial charge in [-0.05, 0) is 42.8 Å². The van der Waals surface area contributed by atoms with Crippen LogP contribution in [0.15, 0.2) is 54.6 Å². The summed E-state index contributed by atoms with van der Waals surface area (Å²) < 4.78 is 1.70. The molecule has 6 heteroatoms. The smallest absolute Gasteiger partial charge is 0.256 e. The highest BCUT2D eigenvalue weighted by molar-refractivity contribution is 6.06. The first-order chi connectivity index (χ1) is 12.1. The van der Waals surface area contributed by atoms with E-state index in [-0.39, 0.29) is 11.8 Å². The fraction of sp³-hybridized carbons (Fsp3) is 0.105. The Bertz CT molecular complexity index is 976. The molecule has 4 rings (SSSR count). The van der Waals surface area contributed by atoms with Crippen LogP contribution in [-0.4, -0.2) is 21.6 Å². The summed E-state index contributed by atoms with van der Waals surface area (Å²) in [5.74, 6) is 0.313. The van der Waals surface area contributed by atoms with Gasteiger partial charge in [-0.25, -0.2) is 4.68 Å². The SMILES string of the molecule is Cc1cc(NC(=O)c2ccc3c(c2)CC(=O)N3)n(-c2ccccc2)n1. The number of amides is 2. The van der Waals surface area contributed by atoms with Gasteiger partial charge in [0.1, 0.15) is 5.82 Å². The van der Waals surface area contributed by atoms with Crippen LogP contribution in [-0.2, 0) is 11.2 Å². The van der Waals surface area contributed by atoms with Gasteiger partial charge in [-0.1, -0.05) is 18.2 Å². The average molecular weight is 332 g/mol. The van der Waals surface area contributed by atoms with Crippen molar-refractivity contribution in [3.8, 4) is 5.69 Å². The van der Waals surface area contributed by atoms with E-state index < -0.39 is 0 Å². The number of hydrogen-bond acceptors (Lipinski definition) is 3. The maximum atomic E-state index is 12.6. The normalized spacial score (nSPS) is 12.6. The van der Waals surface area contributed by atoms with Crippen LogP contribution in [0.2, 0.25) is 0 Å². The Balaban J connectivity index is 1.62. The Morgan fingerprint density at radius 3 is 2.76 bits per heavy atom. The molecule has 0 spiro atoms. The molecule has 0 saturated carbocycles. The molecule has 0 unspecified atom stereocenters. The lowest BCUT2D eigenvalue weighted by Crippen LogP contribution is -2.15. The molecule has 0 aliphatic carbocycles. The van der Waals surface area contributed by atoms with Gasteiger partial charge in [0.2, 0.25) is 5.91 Å². The molecular weight excluding hydrogens is 316 g/mol. The maximum Gasteiger partial charge on any atom is 0.256 e. The Kier molecular flexibility index (Phi) is 3.57. The molecule has 6 nitrogen and oxygen atoms in total. The molecule has 0 atom stereocenters. The van der Waals surface area contributed by atoms with Crippen LogP contribution in [0.4, 0.5) is 11.5 Å². The monoisotopic (exact) mass is 332 g/mol. The average Bonchev–Trinajstić information content (AvgIpc) is 3.16. The van der Waals surface area contributed by atoms with Crippen LogP contribution in [0, 0.1) is 6.92 Å². The minimum atomic E-state index is -0.237. The number of aromatic nitrogens is 2. The lowest BCUT2D eigenvalue weighted by molar-refractivity contribution is -0.115. The molecule has 1 aromatic heterocycles. The van der Waals surface area contributed by atoms with Gasteiger partial charge in [-0.3, -0.25) is 9.59 Å². The molecule has 3 aromatic rings. The summed E-state index contributed by atoms with van der Waals surface area (Å²) in [7, 11) is 0. The number of aryl methyl sites for hydroxylation is 1. The molecule has 0 bridgehead atoms. The molecule has 0 saturated heterocycles. The summed E-state index contributed by atoms with van der Waals surface area (Å²) in [6, 6.07) is 16.7. The van der Waals surface area contributed by atoms with Gasteiger partial charge in [0, 0.05) is 17.3 Å². The third-order valence-corrected chi connectivity index (χ3v) is 4.07. The first-order valence-corrected chi connectivity index (χ1v) is 7.96. The fourth-order valence-corrected chi connectivity index (χ4v) is 2.91. The zero-order valence-electron chi connectivity index (χ0n) is 13.6. The van der Waals surface area contributed by atoms with E-state index in [0.717, 1.165) is 22.6 Å². The molecule has 0 fully saturated rings. The highest BCUT2D eigenvalue weighted by Gasteiger charge is 2.20. The molecule has 2 amide bonds. The van der Waals surface area contributed by atoms with Gasteiger partial charge in [-0.15, -0.1) is 0 Å². The fourth-order valence-electron chi connectivity index (χ4n) is 2.91. The molecule has 1 aliphatic heterocycles. The summed E-state index contributed by atoms with van der Waals surface area (Å²) in [5.41, 5.74) is 3.79. The van der Waals surface area contributed by atoms with Crippen LogP contribution in [0.1, 0.15) is 21.6 Å². The van der Waals surface area contributed by atoms with Crippen molar-refractivity contribution in [3.05, 3.63) is 71.4 Å². The van der Waals surface area contributed by atoms with Gasteiger partial charge in [0.05, 0.1) is 17.8 Å². The lowest BCUT2D eigenvalue weighted by Gasteiger charge is -2.09. The van der Waals surface area contributed by atoms with Gasteiger partial charge >= 0.3 is 0 Å². The number of carbonyl (C=O) groups is 2. The zero-order valence-corrected chi connectivity index (χ0v) is 13.6. The van der Waals surface area contributed by atoms with Crippen LogP contribution >= 0.6 is 0 Å². The molecule has 124 valence electrons. The third-order valence-electron chi connectivity index (χ3n) is 4.07. The van der Waals surface area contributed by atoms with E-state index in [1.807, 2.05) is 43.3 Å². The highest BCUT2D eigenvalue weighted by atomic mass is 16.2. The quantitative estimate of drug-likeness (QED) is 0.774. The van der Waals surface area contributed by atoms with Gasteiger partial charge in [-0.2, -0.15) is 5.10 Å². The van der Waals surface area contributed by atoms with E-state index in [2.05, 4.69) is 15.7 Å². The van der Waals surface area contributed by atoms with Gasteiger partial charge < -0.3 is 10.6 Å². The van der Waals surface area contributed by atoms with Crippen molar-refractivity contribution in [1.29, 1.82) is 0 Å². The van der Waals surface area contributed by atoms with E-state index in [0.29, 0.717) is 17.8 Å². The predicted octanol–water partition coefficient (Wildman–Crippen LogP) is 2.93. The number of nitrogens with one attached hydrogen (secondary N) is 2. The summed E-state index contributed by atoms with van der Waals surface area (Å²) in [4.78, 5) is 24.1. The first kappa shape index (κ1) is 15.1. The van der Waals surface area contributed by atoms with E-state index in [1.54, 1.807) is 22.9 Å². The molecular formula is C19H16N4O2. The number of hydrogen-bond donors (Lipinski definition) is 2. The van der Waals surface area contributed by atoms with Crippen molar-refractivity contribution in [1.82, 2.24) is 9.78 Å². The minimum Gasteiger partial charge on any atom is -0.326 e. The minimum absolute atomic E-state index is 0.0506. The summed E-state index contributed by atoms with van der Waals surface area (Å²) in [6.07, 6.45) is 0.303. The second kappa shape index (κ2) is 5.90. The van der Waals surface area contributed by atoms with E-state index >= 15 is 0 Å². The topological polar surface area (TPSA) is 76.0 Å². The third kappa shape index (κ3) is 2.89. The second-order valence-electron chi connectivity index (χ2n) is 5.97. The van der Waals surface area contributed by atoms with E-state index in [4.69, 9.17) is 0 Å². The van der Waals surface area contributed by atoms with Crippen molar-refractivity contribution in [2.75, 3.05) is 10.6 Å².